The van der Waals surface area contributed by atoms with Gasteiger partial charge in [-0.25, -0.2) is 0 Å². The van der Waals surface area contributed by atoms with Crippen LogP contribution < -0.4 is 4.90 Å². The summed E-state index contributed by atoms with van der Waals surface area (Å²) in [5, 5.41) is 9.65. The number of hydrogen-bond acceptors (Lipinski definition) is 4. The first-order valence-corrected chi connectivity index (χ1v) is 5.52. The average Bonchev–Trinajstić information content (AvgIpc) is 2.28. The first kappa shape index (κ1) is 13.7. The van der Waals surface area contributed by atoms with Crippen molar-refractivity contribution in [2.45, 2.75) is 13.0 Å². The normalized spacial score (nSPS) is 12.2. The van der Waals surface area contributed by atoms with Gasteiger partial charge in [0.1, 0.15) is 6.29 Å². The number of carbonyl (C=O) groups is 1. The summed E-state index contributed by atoms with van der Waals surface area (Å²) in [6.45, 7) is 2.76. The van der Waals surface area contributed by atoms with E-state index >= 15 is 0 Å². The van der Waals surface area contributed by atoms with E-state index in [1.807, 2.05) is 31.0 Å². The van der Waals surface area contributed by atoms with Gasteiger partial charge in [0.25, 0.3) is 0 Å². The number of aliphatic hydroxyl groups is 1. The van der Waals surface area contributed by atoms with Gasteiger partial charge in [-0.1, -0.05) is 0 Å². The van der Waals surface area contributed by atoms with E-state index in [2.05, 4.69) is 0 Å². The molecule has 1 N–H and O–H groups in total. The van der Waals surface area contributed by atoms with Crippen LogP contribution in [0, 0.1) is 6.92 Å². The Balaban J connectivity index is 2.74. The molecular weight excluding hydrogens is 218 g/mol. The second-order valence-corrected chi connectivity index (χ2v) is 4.15. The van der Waals surface area contributed by atoms with Crippen molar-refractivity contribution in [2.24, 2.45) is 0 Å². The summed E-state index contributed by atoms with van der Waals surface area (Å²) in [5.41, 5.74) is 2.68. The number of methoxy groups -OCH3 is 1. The fourth-order valence-corrected chi connectivity index (χ4v) is 1.84. The summed E-state index contributed by atoms with van der Waals surface area (Å²) < 4.78 is 4.88. The minimum Gasteiger partial charge on any atom is -0.389 e. The molecule has 0 saturated carbocycles. The van der Waals surface area contributed by atoms with Crippen LogP contribution in [0.15, 0.2) is 18.2 Å². The largest absolute Gasteiger partial charge is 0.389 e. The number of anilines is 1. The van der Waals surface area contributed by atoms with Crippen molar-refractivity contribution < 1.29 is 14.6 Å². The number of nitrogens with zero attached hydrogens (tertiary/aromatic N) is 1. The van der Waals surface area contributed by atoms with Crippen molar-refractivity contribution in [2.75, 3.05) is 32.2 Å². The number of likely N-dealkylation sites (N-methyl/N-ethyl adjacent to an activating group) is 1. The van der Waals surface area contributed by atoms with Gasteiger partial charge in [0.2, 0.25) is 0 Å². The van der Waals surface area contributed by atoms with Crippen LogP contribution >= 0.6 is 0 Å². The van der Waals surface area contributed by atoms with Crippen molar-refractivity contribution in [1.82, 2.24) is 0 Å². The topological polar surface area (TPSA) is 49.8 Å². The Morgan fingerprint density at radius 3 is 2.76 bits per heavy atom. The van der Waals surface area contributed by atoms with Crippen LogP contribution in [0.5, 0.6) is 0 Å². The van der Waals surface area contributed by atoms with Gasteiger partial charge < -0.3 is 14.7 Å². The Morgan fingerprint density at radius 1 is 1.53 bits per heavy atom. The molecule has 0 fully saturated rings. The summed E-state index contributed by atoms with van der Waals surface area (Å²) in [7, 11) is 3.47. The molecule has 1 aromatic rings. The summed E-state index contributed by atoms with van der Waals surface area (Å²) >= 11 is 0. The highest BCUT2D eigenvalue weighted by Crippen LogP contribution is 2.19. The van der Waals surface area contributed by atoms with Crippen molar-refractivity contribution in [3.05, 3.63) is 29.3 Å². The number of carbonyl (C=O) groups excluding carboxylic acids is 1. The molecule has 0 heterocycles. The Morgan fingerprint density at radius 2 is 2.24 bits per heavy atom. The molecule has 4 heteroatoms. The van der Waals surface area contributed by atoms with E-state index in [1.54, 1.807) is 13.2 Å². The highest BCUT2D eigenvalue weighted by atomic mass is 16.5. The maximum atomic E-state index is 10.6. The van der Waals surface area contributed by atoms with Gasteiger partial charge in [-0.05, 0) is 30.7 Å². The van der Waals surface area contributed by atoms with Gasteiger partial charge in [-0.15, -0.1) is 0 Å². The number of aliphatic hydroxyl groups excluding tert-OH is 1. The highest BCUT2D eigenvalue weighted by Gasteiger charge is 2.10. The summed E-state index contributed by atoms with van der Waals surface area (Å²) in [6, 6.07) is 5.49. The van der Waals surface area contributed by atoms with Crippen molar-refractivity contribution in [1.29, 1.82) is 0 Å². The number of benzene rings is 1. The minimum absolute atomic E-state index is 0.315. The molecule has 17 heavy (non-hydrogen) atoms. The molecule has 1 atom stereocenters. The van der Waals surface area contributed by atoms with E-state index < -0.39 is 6.10 Å². The smallest absolute Gasteiger partial charge is 0.150 e. The zero-order valence-electron chi connectivity index (χ0n) is 10.5. The first-order valence-electron chi connectivity index (χ1n) is 5.52. The molecule has 0 aliphatic rings. The lowest BCUT2D eigenvalue weighted by Gasteiger charge is -2.24. The van der Waals surface area contributed by atoms with Gasteiger partial charge >= 0.3 is 0 Å². The Kier molecular flexibility index (Phi) is 5.12. The molecule has 0 aliphatic heterocycles. The fraction of sp³-hybridized carbons (Fsp3) is 0.462. The molecule has 0 amide bonds. The van der Waals surface area contributed by atoms with Gasteiger partial charge in [-0.2, -0.15) is 0 Å². The van der Waals surface area contributed by atoms with Crippen LogP contribution in [-0.2, 0) is 4.74 Å². The predicted molar refractivity (Wildman–Crippen MR) is 67.7 cm³/mol. The zero-order valence-corrected chi connectivity index (χ0v) is 10.5. The van der Waals surface area contributed by atoms with E-state index in [9.17, 15) is 9.90 Å². The van der Waals surface area contributed by atoms with Crippen molar-refractivity contribution in [3.63, 3.8) is 0 Å². The average molecular weight is 237 g/mol. The van der Waals surface area contributed by atoms with E-state index in [-0.39, 0.29) is 0 Å². The van der Waals surface area contributed by atoms with Crippen molar-refractivity contribution in [3.8, 4) is 0 Å². The zero-order chi connectivity index (χ0) is 12.8. The van der Waals surface area contributed by atoms with E-state index in [1.165, 1.54) is 0 Å². The molecule has 0 aromatic heterocycles. The molecule has 94 valence electrons. The third-order valence-corrected chi connectivity index (χ3v) is 2.61. The standard InChI is InChI=1S/C13H19NO3/c1-10-6-11(8-15)4-5-13(10)14(2)7-12(16)9-17-3/h4-6,8,12,16H,7,9H2,1-3H3. The number of ether oxygens (including phenoxy) is 1. The fourth-order valence-electron chi connectivity index (χ4n) is 1.84. The summed E-state index contributed by atoms with van der Waals surface area (Å²) in [4.78, 5) is 12.6. The predicted octanol–water partition coefficient (Wildman–Crippen LogP) is 1.25. The monoisotopic (exact) mass is 237 g/mol. The maximum Gasteiger partial charge on any atom is 0.150 e. The van der Waals surface area contributed by atoms with Gasteiger partial charge in [0.05, 0.1) is 12.7 Å². The van der Waals surface area contributed by atoms with Crippen LogP contribution in [0.3, 0.4) is 0 Å². The molecule has 1 unspecified atom stereocenters. The molecule has 0 spiro atoms. The Hall–Kier alpha value is -1.39. The van der Waals surface area contributed by atoms with Crippen LogP contribution in [0.4, 0.5) is 5.69 Å². The van der Waals surface area contributed by atoms with Crippen LogP contribution in [0.2, 0.25) is 0 Å². The Labute approximate surface area is 102 Å². The first-order chi connectivity index (χ1) is 8.08. The molecule has 1 rings (SSSR count). The molecule has 0 bridgehead atoms. The SMILES string of the molecule is COCC(O)CN(C)c1ccc(C=O)cc1C. The van der Waals surface area contributed by atoms with E-state index in [0.29, 0.717) is 18.7 Å². The third kappa shape index (κ3) is 3.84. The van der Waals surface area contributed by atoms with Gasteiger partial charge in [0, 0.05) is 32.0 Å². The van der Waals surface area contributed by atoms with Gasteiger partial charge in [-0.3, -0.25) is 4.79 Å². The van der Waals surface area contributed by atoms with Crippen LogP contribution in [0.25, 0.3) is 0 Å². The minimum atomic E-state index is -0.518. The lowest BCUT2D eigenvalue weighted by Crippen LogP contribution is -2.32. The lowest BCUT2D eigenvalue weighted by molar-refractivity contribution is 0.0695. The molecule has 0 aliphatic carbocycles. The molecule has 0 saturated heterocycles. The second-order valence-electron chi connectivity index (χ2n) is 4.15. The quantitative estimate of drug-likeness (QED) is 0.757. The lowest BCUT2D eigenvalue weighted by atomic mass is 10.1. The molecule has 4 nitrogen and oxygen atoms in total. The molecule has 1 aromatic carbocycles. The maximum absolute atomic E-state index is 10.6. The number of aryl methyl sites for hydroxylation is 1. The molecule has 0 radical (unpaired) electrons. The van der Waals surface area contributed by atoms with Gasteiger partial charge in [0.15, 0.2) is 0 Å². The van der Waals surface area contributed by atoms with Crippen LogP contribution in [0.1, 0.15) is 15.9 Å². The van der Waals surface area contributed by atoms with Crippen molar-refractivity contribution >= 4 is 12.0 Å². The highest BCUT2D eigenvalue weighted by molar-refractivity contribution is 5.76. The van der Waals surface area contributed by atoms with E-state index in [0.717, 1.165) is 17.5 Å². The summed E-state index contributed by atoms with van der Waals surface area (Å²) in [5.74, 6) is 0. The number of aldehydes is 1. The number of rotatable bonds is 6. The molecular formula is C13H19NO3. The summed E-state index contributed by atoms with van der Waals surface area (Å²) in [6.07, 6.45) is 0.312. The second kappa shape index (κ2) is 6.37. The number of hydrogen-bond donors (Lipinski definition) is 1. The Bertz CT molecular complexity index is 379. The third-order valence-electron chi connectivity index (χ3n) is 2.61. The van der Waals surface area contributed by atoms with Crippen LogP contribution in [-0.4, -0.2) is 44.8 Å². The van der Waals surface area contributed by atoms with E-state index in [4.69, 9.17) is 4.74 Å².